The summed E-state index contributed by atoms with van der Waals surface area (Å²) in [4.78, 5) is 24.4. The van der Waals surface area contributed by atoms with Crippen molar-refractivity contribution in [2.24, 2.45) is 11.8 Å². The van der Waals surface area contributed by atoms with Gasteiger partial charge in [-0.05, 0) is 36.2 Å². The van der Waals surface area contributed by atoms with E-state index in [0.717, 1.165) is 5.56 Å². The molecule has 0 spiro atoms. The molecule has 0 aromatic heterocycles. The highest BCUT2D eigenvalue weighted by Gasteiger charge is 2.47. The van der Waals surface area contributed by atoms with Gasteiger partial charge in [0.1, 0.15) is 0 Å². The summed E-state index contributed by atoms with van der Waals surface area (Å²) in [5.74, 6) is -0.989. The Morgan fingerprint density at radius 2 is 1.64 bits per heavy atom. The first kappa shape index (κ1) is 18.1. The molecular weight excluding hydrogens is 383 g/mol. The van der Waals surface area contributed by atoms with Gasteiger partial charge in [0.2, 0.25) is 11.8 Å². The fourth-order valence-corrected chi connectivity index (χ4v) is 3.04. The molecule has 2 aromatic carbocycles. The van der Waals surface area contributed by atoms with Crippen molar-refractivity contribution >= 4 is 52.3 Å². The van der Waals surface area contributed by atoms with Gasteiger partial charge in [0.25, 0.3) is 0 Å². The molecule has 0 saturated heterocycles. The monoisotopic (exact) mass is 396 g/mol. The highest BCUT2D eigenvalue weighted by molar-refractivity contribution is 6.42. The Labute approximate surface area is 160 Å². The zero-order chi connectivity index (χ0) is 18.0. The van der Waals surface area contributed by atoms with E-state index in [4.69, 9.17) is 34.8 Å². The van der Waals surface area contributed by atoms with Crippen LogP contribution in [-0.2, 0) is 16.1 Å². The van der Waals surface area contributed by atoms with Crippen LogP contribution in [0.25, 0.3) is 0 Å². The molecule has 1 aliphatic rings. The minimum Gasteiger partial charge on any atom is -0.352 e. The first-order valence-corrected chi connectivity index (χ1v) is 8.86. The number of halogens is 3. The lowest BCUT2D eigenvalue weighted by Gasteiger charge is -2.08. The van der Waals surface area contributed by atoms with Gasteiger partial charge < -0.3 is 10.6 Å². The second-order valence-electron chi connectivity index (χ2n) is 5.88. The minimum absolute atomic E-state index is 0.144. The fraction of sp³-hybridized carbons (Fsp3) is 0.222. The van der Waals surface area contributed by atoms with Crippen LogP contribution in [0.1, 0.15) is 12.0 Å². The zero-order valence-corrected chi connectivity index (χ0v) is 15.3. The summed E-state index contributed by atoms with van der Waals surface area (Å²) in [6.07, 6.45) is 0.529. The van der Waals surface area contributed by atoms with Crippen LogP contribution in [0.4, 0.5) is 5.69 Å². The third-order valence-corrected chi connectivity index (χ3v) is 5.17. The fourth-order valence-electron chi connectivity index (χ4n) is 2.54. The van der Waals surface area contributed by atoms with Crippen molar-refractivity contribution in [3.8, 4) is 0 Å². The van der Waals surface area contributed by atoms with Crippen molar-refractivity contribution in [3.63, 3.8) is 0 Å². The van der Waals surface area contributed by atoms with Crippen molar-refractivity contribution in [3.05, 3.63) is 63.1 Å². The highest BCUT2D eigenvalue weighted by atomic mass is 35.5. The molecule has 2 unspecified atom stereocenters. The first-order valence-electron chi connectivity index (χ1n) is 7.72. The summed E-state index contributed by atoms with van der Waals surface area (Å²) in [7, 11) is 0. The number of carbonyl (C=O) groups excluding carboxylic acids is 2. The molecule has 0 aliphatic heterocycles. The maximum Gasteiger partial charge on any atom is 0.228 e. The van der Waals surface area contributed by atoms with Gasteiger partial charge in [-0.15, -0.1) is 0 Å². The third kappa shape index (κ3) is 4.46. The molecule has 3 rings (SSSR count). The molecule has 1 aliphatic carbocycles. The maximum absolute atomic E-state index is 12.2. The quantitative estimate of drug-likeness (QED) is 0.778. The number of benzene rings is 2. The predicted octanol–water partition coefficient (Wildman–Crippen LogP) is 4.54. The van der Waals surface area contributed by atoms with Crippen LogP contribution >= 0.6 is 34.8 Å². The Morgan fingerprint density at radius 1 is 0.920 bits per heavy atom. The summed E-state index contributed by atoms with van der Waals surface area (Å²) in [6, 6.07) is 12.2. The first-order chi connectivity index (χ1) is 12.0. The van der Waals surface area contributed by atoms with Gasteiger partial charge in [-0.1, -0.05) is 53.0 Å². The van der Waals surface area contributed by atoms with E-state index in [2.05, 4.69) is 10.6 Å². The summed E-state index contributed by atoms with van der Waals surface area (Å²) >= 11 is 17.8. The molecule has 1 fully saturated rings. The van der Waals surface area contributed by atoms with Crippen molar-refractivity contribution in [2.75, 3.05) is 5.32 Å². The Bertz CT molecular complexity index is 826. The van der Waals surface area contributed by atoms with E-state index in [1.807, 2.05) is 18.2 Å². The van der Waals surface area contributed by atoms with Crippen LogP contribution in [0.5, 0.6) is 0 Å². The highest BCUT2D eigenvalue weighted by Crippen LogP contribution is 2.40. The number of anilines is 1. The van der Waals surface area contributed by atoms with Gasteiger partial charge in [-0.25, -0.2) is 0 Å². The molecule has 4 nitrogen and oxygen atoms in total. The van der Waals surface area contributed by atoms with E-state index >= 15 is 0 Å². The van der Waals surface area contributed by atoms with Gasteiger partial charge in [0.05, 0.1) is 21.9 Å². The summed E-state index contributed by atoms with van der Waals surface area (Å²) in [5, 5.41) is 6.97. The Kier molecular flexibility index (Phi) is 5.52. The van der Waals surface area contributed by atoms with Crippen molar-refractivity contribution < 1.29 is 9.59 Å². The van der Waals surface area contributed by atoms with E-state index in [-0.39, 0.29) is 23.7 Å². The average Bonchev–Trinajstić information content (AvgIpc) is 3.38. The molecule has 0 radical (unpaired) electrons. The molecule has 1 saturated carbocycles. The van der Waals surface area contributed by atoms with E-state index < -0.39 is 0 Å². The molecule has 25 heavy (non-hydrogen) atoms. The molecule has 2 amide bonds. The van der Waals surface area contributed by atoms with E-state index in [1.54, 1.807) is 24.3 Å². The van der Waals surface area contributed by atoms with Gasteiger partial charge in [0.15, 0.2) is 0 Å². The van der Waals surface area contributed by atoms with Crippen LogP contribution < -0.4 is 10.6 Å². The van der Waals surface area contributed by atoms with Crippen LogP contribution in [0, 0.1) is 11.8 Å². The maximum atomic E-state index is 12.2. The summed E-state index contributed by atoms with van der Waals surface area (Å²) in [5.41, 5.74) is 1.40. The number of hydrogen-bond donors (Lipinski definition) is 2. The van der Waals surface area contributed by atoms with Gasteiger partial charge in [-0.2, -0.15) is 0 Å². The third-order valence-electron chi connectivity index (χ3n) is 4.06. The molecule has 2 N–H and O–H groups in total. The standard InChI is InChI=1S/C18H15Cl3N2O2/c19-14-4-2-1-3-10(14)9-22-17(24)12-8-13(12)18(25)23-11-5-6-15(20)16(21)7-11/h1-7,12-13H,8-9H2,(H,22,24)(H,23,25). The van der Waals surface area contributed by atoms with Crippen molar-refractivity contribution in [2.45, 2.75) is 13.0 Å². The Balaban J connectivity index is 1.51. The molecular formula is C18H15Cl3N2O2. The zero-order valence-electron chi connectivity index (χ0n) is 13.1. The molecule has 2 aromatic rings. The topological polar surface area (TPSA) is 58.2 Å². The Morgan fingerprint density at radius 3 is 2.36 bits per heavy atom. The van der Waals surface area contributed by atoms with E-state index in [1.165, 1.54) is 0 Å². The lowest BCUT2D eigenvalue weighted by atomic mass is 10.2. The Hall–Kier alpha value is -1.75. The minimum atomic E-state index is -0.333. The van der Waals surface area contributed by atoms with Gasteiger partial charge in [-0.3, -0.25) is 9.59 Å². The average molecular weight is 398 g/mol. The van der Waals surface area contributed by atoms with Gasteiger partial charge >= 0.3 is 0 Å². The molecule has 0 bridgehead atoms. The smallest absolute Gasteiger partial charge is 0.228 e. The SMILES string of the molecule is O=C(NCc1ccccc1Cl)C1CC1C(=O)Nc1ccc(Cl)c(Cl)c1. The number of amides is 2. The predicted molar refractivity (Wildman–Crippen MR) is 100.0 cm³/mol. The van der Waals surface area contributed by atoms with Crippen LogP contribution in [0.3, 0.4) is 0 Å². The van der Waals surface area contributed by atoms with E-state index in [0.29, 0.717) is 33.7 Å². The molecule has 2 atom stereocenters. The lowest BCUT2D eigenvalue weighted by molar-refractivity contribution is -0.125. The van der Waals surface area contributed by atoms with Crippen molar-refractivity contribution in [1.82, 2.24) is 5.32 Å². The normalized spacial score (nSPS) is 18.5. The van der Waals surface area contributed by atoms with Crippen LogP contribution in [-0.4, -0.2) is 11.8 Å². The van der Waals surface area contributed by atoms with E-state index in [9.17, 15) is 9.59 Å². The molecule has 7 heteroatoms. The van der Waals surface area contributed by atoms with Crippen molar-refractivity contribution in [1.29, 1.82) is 0 Å². The second kappa shape index (κ2) is 7.65. The summed E-state index contributed by atoms with van der Waals surface area (Å²) < 4.78 is 0. The molecule has 0 heterocycles. The second-order valence-corrected chi connectivity index (χ2v) is 7.10. The largest absolute Gasteiger partial charge is 0.352 e. The van der Waals surface area contributed by atoms with Crippen LogP contribution in [0.15, 0.2) is 42.5 Å². The lowest BCUT2D eigenvalue weighted by Crippen LogP contribution is -2.27. The number of carbonyl (C=O) groups is 2. The molecule has 130 valence electrons. The summed E-state index contributed by atoms with van der Waals surface area (Å²) in [6.45, 7) is 0.343. The number of nitrogens with one attached hydrogen (secondary N) is 2. The van der Waals surface area contributed by atoms with Crippen LogP contribution in [0.2, 0.25) is 15.1 Å². The number of hydrogen-bond acceptors (Lipinski definition) is 2. The van der Waals surface area contributed by atoms with Gasteiger partial charge in [0, 0.05) is 17.3 Å². The number of rotatable bonds is 5.